The second kappa shape index (κ2) is 6.98. The molecule has 0 fully saturated rings. The van der Waals surface area contributed by atoms with Crippen LogP contribution in [0.2, 0.25) is 0 Å². The molecule has 2 rings (SSSR count). The van der Waals surface area contributed by atoms with Crippen LogP contribution in [0.4, 0.5) is 0 Å². The van der Waals surface area contributed by atoms with E-state index in [0.717, 1.165) is 11.1 Å². The largest absolute Gasteiger partial charge is 0.508 e. The van der Waals surface area contributed by atoms with Gasteiger partial charge in [-0.15, -0.1) is 0 Å². The van der Waals surface area contributed by atoms with Crippen LogP contribution in [0.3, 0.4) is 0 Å². The summed E-state index contributed by atoms with van der Waals surface area (Å²) in [6, 6.07) is 12.0. The summed E-state index contributed by atoms with van der Waals surface area (Å²) < 4.78 is 0. The Bertz CT molecular complexity index is 710. The lowest BCUT2D eigenvalue weighted by Crippen LogP contribution is -2.16. The fourth-order valence-corrected chi connectivity index (χ4v) is 3.66. The number of hydrogen-bond donors (Lipinski definition) is 2. The fourth-order valence-electron chi connectivity index (χ4n) is 3.66. The van der Waals surface area contributed by atoms with E-state index in [9.17, 15) is 10.2 Å². The Morgan fingerprint density at radius 3 is 1.27 bits per heavy atom. The molecule has 2 aromatic carbocycles. The summed E-state index contributed by atoms with van der Waals surface area (Å²) in [5, 5.41) is 20.6. The summed E-state index contributed by atoms with van der Waals surface area (Å²) in [5.74, 6) is 1.30. The van der Waals surface area contributed by atoms with Gasteiger partial charge >= 0.3 is 0 Å². The van der Waals surface area contributed by atoms with Crippen LogP contribution < -0.4 is 0 Å². The highest BCUT2D eigenvalue weighted by Gasteiger charge is 2.26. The molecule has 2 heteroatoms. The van der Waals surface area contributed by atoms with Gasteiger partial charge in [0, 0.05) is 5.92 Å². The first-order valence-corrected chi connectivity index (χ1v) is 9.49. The monoisotopic (exact) mass is 354 g/mol. The van der Waals surface area contributed by atoms with Gasteiger partial charge in [0.15, 0.2) is 0 Å². The number of rotatable bonds is 3. The number of benzene rings is 2. The zero-order valence-electron chi connectivity index (χ0n) is 17.5. The number of hydrogen-bond acceptors (Lipinski definition) is 2. The van der Waals surface area contributed by atoms with Crippen LogP contribution in [0, 0.1) is 5.92 Å². The van der Waals surface area contributed by atoms with Crippen molar-refractivity contribution in [3.63, 3.8) is 0 Å². The van der Waals surface area contributed by atoms with Gasteiger partial charge in [-0.3, -0.25) is 0 Å². The minimum absolute atomic E-state index is 0.118. The Hall–Kier alpha value is -1.96. The maximum absolute atomic E-state index is 10.3. The van der Waals surface area contributed by atoms with Gasteiger partial charge in [0.1, 0.15) is 11.5 Å². The van der Waals surface area contributed by atoms with Crippen LogP contribution in [0.5, 0.6) is 11.5 Å². The van der Waals surface area contributed by atoms with Crippen LogP contribution in [-0.4, -0.2) is 10.2 Å². The summed E-state index contributed by atoms with van der Waals surface area (Å²) in [5.41, 5.74) is 4.10. The maximum Gasteiger partial charge on any atom is 0.119 e. The van der Waals surface area contributed by atoms with Crippen molar-refractivity contribution in [1.29, 1.82) is 0 Å². The summed E-state index contributed by atoms with van der Waals surface area (Å²) in [4.78, 5) is 0. The number of aromatic hydroxyl groups is 2. The quantitative estimate of drug-likeness (QED) is 0.662. The molecule has 0 spiro atoms. The van der Waals surface area contributed by atoms with Crippen molar-refractivity contribution in [3.05, 3.63) is 58.7 Å². The second-order valence-electron chi connectivity index (χ2n) is 9.77. The Labute approximate surface area is 158 Å². The molecular formula is C24H34O2. The van der Waals surface area contributed by atoms with Gasteiger partial charge < -0.3 is 10.2 Å². The minimum atomic E-state index is -0.118. The summed E-state index contributed by atoms with van der Waals surface area (Å²) in [7, 11) is 0. The van der Waals surface area contributed by atoms with E-state index in [2.05, 4.69) is 67.5 Å². The van der Waals surface area contributed by atoms with Crippen LogP contribution in [-0.2, 0) is 10.8 Å². The van der Waals surface area contributed by atoms with E-state index < -0.39 is 0 Å². The van der Waals surface area contributed by atoms with Crippen molar-refractivity contribution in [2.45, 2.75) is 72.1 Å². The van der Waals surface area contributed by atoms with Crippen molar-refractivity contribution in [2.24, 2.45) is 5.92 Å². The Morgan fingerprint density at radius 2 is 1.00 bits per heavy atom. The third kappa shape index (κ3) is 4.23. The Morgan fingerprint density at radius 1 is 0.654 bits per heavy atom. The highest BCUT2D eigenvalue weighted by molar-refractivity contribution is 5.47. The molecule has 0 amide bonds. The van der Waals surface area contributed by atoms with Crippen molar-refractivity contribution in [1.82, 2.24) is 0 Å². The molecule has 0 aliphatic rings. The second-order valence-corrected chi connectivity index (χ2v) is 9.77. The molecule has 0 saturated carbocycles. The Balaban J connectivity index is 2.62. The zero-order chi connectivity index (χ0) is 19.9. The molecule has 2 nitrogen and oxygen atoms in total. The van der Waals surface area contributed by atoms with E-state index in [-0.39, 0.29) is 16.7 Å². The topological polar surface area (TPSA) is 40.5 Å². The van der Waals surface area contributed by atoms with Crippen molar-refractivity contribution in [2.75, 3.05) is 0 Å². The van der Waals surface area contributed by atoms with Crippen LogP contribution >= 0.6 is 0 Å². The third-order valence-electron chi connectivity index (χ3n) is 5.04. The molecule has 26 heavy (non-hydrogen) atoms. The molecule has 0 radical (unpaired) electrons. The molecule has 0 aliphatic heterocycles. The van der Waals surface area contributed by atoms with Gasteiger partial charge in [0.25, 0.3) is 0 Å². The predicted molar refractivity (Wildman–Crippen MR) is 110 cm³/mol. The molecule has 2 N–H and O–H groups in total. The maximum atomic E-state index is 10.3. The van der Waals surface area contributed by atoms with E-state index in [1.807, 2.05) is 24.3 Å². The van der Waals surface area contributed by atoms with E-state index in [1.165, 1.54) is 11.1 Å². The van der Waals surface area contributed by atoms with Gasteiger partial charge in [-0.2, -0.15) is 0 Å². The van der Waals surface area contributed by atoms with E-state index in [1.54, 1.807) is 0 Å². The smallest absolute Gasteiger partial charge is 0.119 e. The van der Waals surface area contributed by atoms with Crippen LogP contribution in [0.1, 0.15) is 83.6 Å². The van der Waals surface area contributed by atoms with Crippen molar-refractivity contribution in [3.8, 4) is 11.5 Å². The van der Waals surface area contributed by atoms with Crippen molar-refractivity contribution < 1.29 is 10.2 Å². The molecule has 0 aliphatic carbocycles. The standard InChI is InChI=1S/C24H34O2/c1-15(2)22(16-9-11-20(25)18(13-16)23(3,4)5)17-10-12-21(26)19(14-17)24(6,7)8/h9-15,22,25-26H,1-8H3. The Kier molecular flexibility index (Phi) is 5.46. The van der Waals surface area contributed by atoms with Gasteiger partial charge in [-0.1, -0.05) is 79.7 Å². The minimum Gasteiger partial charge on any atom is -0.508 e. The molecule has 2 aromatic rings. The zero-order valence-corrected chi connectivity index (χ0v) is 17.5. The van der Waals surface area contributed by atoms with Gasteiger partial charge in [-0.05, 0) is 51.1 Å². The lowest BCUT2D eigenvalue weighted by Gasteiger charge is -2.28. The molecule has 0 saturated heterocycles. The molecule has 0 heterocycles. The molecule has 0 bridgehead atoms. The first kappa shape index (κ1) is 20.4. The first-order valence-electron chi connectivity index (χ1n) is 9.49. The van der Waals surface area contributed by atoms with Gasteiger partial charge in [0.05, 0.1) is 0 Å². The molecule has 0 unspecified atom stereocenters. The van der Waals surface area contributed by atoms with Gasteiger partial charge in [0.2, 0.25) is 0 Å². The lowest BCUT2D eigenvalue weighted by molar-refractivity contribution is 0.444. The highest BCUT2D eigenvalue weighted by Crippen LogP contribution is 2.40. The van der Waals surface area contributed by atoms with Crippen LogP contribution in [0.25, 0.3) is 0 Å². The predicted octanol–water partition coefficient (Wildman–Crippen LogP) is 6.48. The summed E-state index contributed by atoms with van der Waals surface area (Å²) in [6.45, 7) is 17.2. The molecular weight excluding hydrogens is 320 g/mol. The first-order chi connectivity index (χ1) is 11.8. The lowest BCUT2D eigenvalue weighted by atomic mass is 9.77. The highest BCUT2D eigenvalue weighted by atomic mass is 16.3. The fraction of sp³-hybridized carbons (Fsp3) is 0.500. The van der Waals surface area contributed by atoms with E-state index >= 15 is 0 Å². The number of phenolic OH excluding ortho intramolecular Hbond substituents is 2. The van der Waals surface area contributed by atoms with Crippen molar-refractivity contribution >= 4 is 0 Å². The average Bonchev–Trinajstić information content (AvgIpc) is 2.48. The van der Waals surface area contributed by atoms with E-state index in [4.69, 9.17) is 0 Å². The summed E-state index contributed by atoms with van der Waals surface area (Å²) >= 11 is 0. The molecule has 142 valence electrons. The molecule has 0 atom stereocenters. The third-order valence-corrected chi connectivity index (χ3v) is 5.04. The molecule has 0 aromatic heterocycles. The van der Waals surface area contributed by atoms with Crippen LogP contribution in [0.15, 0.2) is 36.4 Å². The SMILES string of the molecule is CC(C)C(c1ccc(O)c(C(C)(C)C)c1)c1ccc(O)c(C(C)(C)C)c1. The number of phenols is 2. The summed E-state index contributed by atoms with van der Waals surface area (Å²) in [6.07, 6.45) is 0. The van der Waals surface area contributed by atoms with E-state index in [0.29, 0.717) is 17.4 Å². The van der Waals surface area contributed by atoms with Gasteiger partial charge in [-0.25, -0.2) is 0 Å². The normalized spacial score (nSPS) is 12.8. The average molecular weight is 355 g/mol.